The van der Waals surface area contributed by atoms with Gasteiger partial charge in [-0.05, 0) is 37.3 Å². The summed E-state index contributed by atoms with van der Waals surface area (Å²) >= 11 is 1.43. The van der Waals surface area contributed by atoms with E-state index in [-0.39, 0.29) is 24.0 Å². The van der Waals surface area contributed by atoms with Crippen molar-refractivity contribution in [3.63, 3.8) is 0 Å². The number of carbonyl (C=O) groups excluding carboxylic acids is 2. The lowest BCUT2D eigenvalue weighted by Gasteiger charge is -2.19. The van der Waals surface area contributed by atoms with E-state index in [0.29, 0.717) is 17.1 Å². The first-order valence-corrected chi connectivity index (χ1v) is 11.2. The van der Waals surface area contributed by atoms with E-state index in [4.69, 9.17) is 8.92 Å². The minimum absolute atomic E-state index is 0.0483. The predicted octanol–water partition coefficient (Wildman–Crippen LogP) is 2.77. The molecule has 0 spiro atoms. The monoisotopic (exact) mass is 434 g/mol. The number of hydrogen-bond acceptors (Lipinski definition) is 7. The molecule has 8 nitrogen and oxygen atoms in total. The summed E-state index contributed by atoms with van der Waals surface area (Å²) in [4.78, 5) is 26.2. The zero-order valence-electron chi connectivity index (χ0n) is 15.5. The van der Waals surface area contributed by atoms with E-state index in [0.717, 1.165) is 10.5 Å². The zero-order valence-corrected chi connectivity index (χ0v) is 17.1. The lowest BCUT2D eigenvalue weighted by atomic mass is 10.2. The molecule has 0 aromatic heterocycles. The number of aryl methyl sites for hydroxylation is 1. The van der Waals surface area contributed by atoms with Crippen LogP contribution in [0.3, 0.4) is 0 Å². The third kappa shape index (κ3) is 4.24. The van der Waals surface area contributed by atoms with Crippen molar-refractivity contribution in [3.05, 3.63) is 48.0 Å². The molecule has 0 bridgehead atoms. The van der Waals surface area contributed by atoms with Gasteiger partial charge in [0.05, 0.1) is 22.9 Å². The number of fused-ring (bicyclic) bond motifs is 1. The van der Waals surface area contributed by atoms with Gasteiger partial charge in [-0.1, -0.05) is 17.7 Å². The largest absolute Gasteiger partial charge is 0.441 e. The van der Waals surface area contributed by atoms with Gasteiger partial charge in [0.15, 0.2) is 0 Å². The molecule has 10 heteroatoms. The highest BCUT2D eigenvalue weighted by Gasteiger charge is 2.34. The van der Waals surface area contributed by atoms with E-state index in [1.807, 2.05) is 13.0 Å². The Morgan fingerprint density at radius 1 is 1.21 bits per heavy atom. The second kappa shape index (κ2) is 7.69. The second-order valence-electron chi connectivity index (χ2n) is 6.69. The maximum absolute atomic E-state index is 12.3. The summed E-state index contributed by atoms with van der Waals surface area (Å²) in [5.74, 6) is 0.253. The third-order valence-electron chi connectivity index (χ3n) is 4.50. The van der Waals surface area contributed by atoms with Crippen molar-refractivity contribution in [2.75, 3.05) is 29.1 Å². The van der Waals surface area contributed by atoms with Crippen molar-refractivity contribution in [1.29, 1.82) is 0 Å². The van der Waals surface area contributed by atoms with Gasteiger partial charge in [-0.2, -0.15) is 8.42 Å². The number of amides is 2. The summed E-state index contributed by atoms with van der Waals surface area (Å²) in [6.45, 7) is 1.72. The van der Waals surface area contributed by atoms with E-state index in [1.54, 1.807) is 24.3 Å². The van der Waals surface area contributed by atoms with Crippen LogP contribution in [0.1, 0.15) is 5.56 Å². The molecule has 2 aromatic rings. The Labute approximate surface area is 172 Å². The highest BCUT2D eigenvalue weighted by atomic mass is 32.2. The minimum atomic E-state index is -3.94. The van der Waals surface area contributed by atoms with Crippen LogP contribution >= 0.6 is 11.8 Å². The first-order chi connectivity index (χ1) is 13.8. The summed E-state index contributed by atoms with van der Waals surface area (Å²) in [5.41, 5.74) is 2.13. The fraction of sp³-hybridized carbons (Fsp3) is 0.263. The number of carbonyl (C=O) groups is 2. The van der Waals surface area contributed by atoms with Crippen molar-refractivity contribution in [2.24, 2.45) is 0 Å². The quantitative estimate of drug-likeness (QED) is 0.722. The molecule has 2 aliphatic heterocycles. The summed E-state index contributed by atoms with van der Waals surface area (Å²) in [7, 11) is -3.94. The fourth-order valence-electron chi connectivity index (χ4n) is 3.00. The van der Waals surface area contributed by atoms with Gasteiger partial charge >= 0.3 is 6.09 Å². The molecule has 0 unspecified atom stereocenters. The molecule has 152 valence electrons. The summed E-state index contributed by atoms with van der Waals surface area (Å²) in [6.07, 6.45) is -1.33. The number of hydrogen-bond donors (Lipinski definition) is 1. The van der Waals surface area contributed by atoms with E-state index in [9.17, 15) is 18.0 Å². The Kier molecular flexibility index (Phi) is 5.24. The SMILES string of the molecule is Cc1ccc(S(=O)(=O)OC[C@H]2CN(c3ccc4c(c3)NC(=O)CS4)C(=O)O2)cc1. The van der Waals surface area contributed by atoms with Gasteiger partial charge in [-0.3, -0.25) is 13.9 Å². The molecule has 4 rings (SSSR count). The number of benzene rings is 2. The van der Waals surface area contributed by atoms with Crippen molar-refractivity contribution >= 4 is 45.3 Å². The van der Waals surface area contributed by atoms with Crippen molar-refractivity contribution in [2.45, 2.75) is 22.8 Å². The maximum Gasteiger partial charge on any atom is 0.414 e. The topological polar surface area (TPSA) is 102 Å². The van der Waals surface area contributed by atoms with Gasteiger partial charge in [-0.15, -0.1) is 11.8 Å². The number of nitrogens with zero attached hydrogens (tertiary/aromatic N) is 1. The Morgan fingerprint density at radius 2 is 1.97 bits per heavy atom. The van der Waals surface area contributed by atoms with Crippen LogP contribution in [-0.2, 0) is 23.8 Å². The van der Waals surface area contributed by atoms with Gasteiger partial charge in [0.1, 0.15) is 12.7 Å². The number of ether oxygens (including phenoxy) is 1. The van der Waals surface area contributed by atoms with Crippen LogP contribution in [0.25, 0.3) is 0 Å². The third-order valence-corrected chi connectivity index (χ3v) is 6.87. The summed E-state index contributed by atoms with van der Waals surface area (Å²) < 4.78 is 34.9. The molecule has 1 fully saturated rings. The van der Waals surface area contributed by atoms with Crippen LogP contribution < -0.4 is 10.2 Å². The Hall–Kier alpha value is -2.56. The van der Waals surface area contributed by atoms with Gasteiger partial charge in [-0.25, -0.2) is 4.79 Å². The molecule has 29 heavy (non-hydrogen) atoms. The van der Waals surface area contributed by atoms with Gasteiger partial charge in [0, 0.05) is 10.6 Å². The Morgan fingerprint density at radius 3 is 2.72 bits per heavy atom. The maximum atomic E-state index is 12.3. The number of anilines is 2. The van der Waals surface area contributed by atoms with Crippen molar-refractivity contribution in [1.82, 2.24) is 0 Å². The molecular formula is C19H18N2O6S2. The second-order valence-corrected chi connectivity index (χ2v) is 9.32. The molecule has 0 aliphatic carbocycles. The molecule has 0 saturated carbocycles. The summed E-state index contributed by atoms with van der Waals surface area (Å²) in [6, 6.07) is 11.6. The number of cyclic esters (lactones) is 1. The molecule has 2 heterocycles. The van der Waals surface area contributed by atoms with Crippen LogP contribution in [0.15, 0.2) is 52.3 Å². The predicted molar refractivity (Wildman–Crippen MR) is 108 cm³/mol. The van der Waals surface area contributed by atoms with Crippen LogP contribution in [0, 0.1) is 6.92 Å². The average Bonchev–Trinajstić information content (AvgIpc) is 3.07. The number of thioether (sulfide) groups is 1. The first kappa shape index (κ1) is 19.7. The van der Waals surface area contributed by atoms with E-state index in [1.165, 1.54) is 28.8 Å². The van der Waals surface area contributed by atoms with Crippen LogP contribution in [0.4, 0.5) is 16.2 Å². The molecule has 1 atom stereocenters. The molecule has 2 aromatic carbocycles. The van der Waals surface area contributed by atoms with E-state index >= 15 is 0 Å². The van der Waals surface area contributed by atoms with Crippen LogP contribution in [-0.4, -0.2) is 45.4 Å². The average molecular weight is 434 g/mol. The highest BCUT2D eigenvalue weighted by molar-refractivity contribution is 8.00. The number of nitrogens with one attached hydrogen (secondary N) is 1. The fourth-order valence-corrected chi connectivity index (χ4v) is 4.72. The van der Waals surface area contributed by atoms with Gasteiger partial charge in [0.2, 0.25) is 5.91 Å². The van der Waals surface area contributed by atoms with Crippen molar-refractivity contribution < 1.29 is 26.9 Å². The molecule has 0 radical (unpaired) electrons. The van der Waals surface area contributed by atoms with Crippen molar-refractivity contribution in [3.8, 4) is 0 Å². The van der Waals surface area contributed by atoms with E-state index < -0.39 is 22.3 Å². The van der Waals surface area contributed by atoms with Gasteiger partial charge < -0.3 is 10.1 Å². The standard InChI is InChI=1S/C19H18N2O6S2/c1-12-2-5-15(6-3-12)29(24,25)26-10-14-9-21(19(23)27-14)13-4-7-17-16(8-13)20-18(22)11-28-17/h2-8,14H,9-11H2,1H3,(H,20,22)/t14-/m1/s1. The molecule has 1 saturated heterocycles. The Bertz CT molecular complexity index is 1070. The molecule has 2 aliphatic rings. The van der Waals surface area contributed by atoms with Crippen LogP contribution in [0.2, 0.25) is 0 Å². The highest BCUT2D eigenvalue weighted by Crippen LogP contribution is 2.35. The minimum Gasteiger partial charge on any atom is -0.441 e. The zero-order chi connectivity index (χ0) is 20.6. The normalized spacial score (nSPS) is 18.9. The number of rotatable bonds is 5. The van der Waals surface area contributed by atoms with Crippen LogP contribution in [0.5, 0.6) is 0 Å². The molecule has 1 N–H and O–H groups in total. The molecule has 2 amide bonds. The van der Waals surface area contributed by atoms with E-state index in [2.05, 4.69) is 5.32 Å². The molecular weight excluding hydrogens is 416 g/mol. The lowest BCUT2D eigenvalue weighted by Crippen LogP contribution is -2.27. The first-order valence-electron chi connectivity index (χ1n) is 8.83. The Balaban J connectivity index is 1.42. The smallest absolute Gasteiger partial charge is 0.414 e. The lowest BCUT2D eigenvalue weighted by molar-refractivity contribution is -0.113. The van der Waals surface area contributed by atoms with Gasteiger partial charge in [0.25, 0.3) is 10.1 Å². The summed E-state index contributed by atoms with van der Waals surface area (Å²) in [5, 5.41) is 2.77.